The topological polar surface area (TPSA) is 81.1 Å². The van der Waals surface area contributed by atoms with Gasteiger partial charge in [-0.2, -0.15) is 10.2 Å². The Morgan fingerprint density at radius 1 is 1.32 bits per heavy atom. The number of carbonyl (C=O) groups is 1. The lowest BCUT2D eigenvalue weighted by Gasteiger charge is -2.33. The van der Waals surface area contributed by atoms with Gasteiger partial charge in [-0.1, -0.05) is 0 Å². The molecule has 1 fully saturated rings. The predicted octanol–water partition coefficient (Wildman–Crippen LogP) is 0.740. The second-order valence-corrected chi connectivity index (χ2v) is 5.11. The minimum atomic E-state index is -0.0229. The van der Waals surface area contributed by atoms with Gasteiger partial charge in [0.05, 0.1) is 30.7 Å². The van der Waals surface area contributed by atoms with Crippen LogP contribution in [-0.2, 0) is 11.2 Å². The van der Waals surface area contributed by atoms with Crippen LogP contribution < -0.4 is 0 Å². The number of aryl methyl sites for hydroxylation is 1. The van der Waals surface area contributed by atoms with Crippen LogP contribution in [0.15, 0.2) is 37.1 Å². The van der Waals surface area contributed by atoms with Crippen LogP contribution in [0.2, 0.25) is 0 Å². The van der Waals surface area contributed by atoms with Crippen molar-refractivity contribution >= 4 is 5.91 Å². The lowest BCUT2D eigenvalue weighted by atomic mass is 10.1. The van der Waals surface area contributed by atoms with Crippen molar-refractivity contribution in [2.45, 2.75) is 18.9 Å². The molecule has 114 valence electrons. The minimum absolute atomic E-state index is 0.0229. The van der Waals surface area contributed by atoms with E-state index in [2.05, 4.69) is 20.2 Å². The van der Waals surface area contributed by atoms with Crippen LogP contribution in [0.3, 0.4) is 0 Å². The Kier molecular flexibility index (Phi) is 4.65. The first-order valence-electron chi connectivity index (χ1n) is 7.25. The average molecular weight is 299 g/mol. The van der Waals surface area contributed by atoms with Crippen LogP contribution in [0.25, 0.3) is 0 Å². The molecule has 0 radical (unpaired) electrons. The van der Waals surface area contributed by atoms with E-state index in [1.54, 1.807) is 18.6 Å². The van der Waals surface area contributed by atoms with Gasteiger partial charge in [0.2, 0.25) is 0 Å². The first kappa shape index (κ1) is 14.5. The van der Waals surface area contributed by atoms with Gasteiger partial charge in [-0.25, -0.2) is 9.97 Å². The van der Waals surface area contributed by atoms with Crippen molar-refractivity contribution in [2.24, 2.45) is 0 Å². The van der Waals surface area contributed by atoms with Crippen molar-refractivity contribution < 1.29 is 9.53 Å². The van der Waals surface area contributed by atoms with Crippen LogP contribution in [0.4, 0.5) is 0 Å². The van der Waals surface area contributed by atoms with Crippen molar-refractivity contribution in [3.63, 3.8) is 0 Å². The second-order valence-electron chi connectivity index (χ2n) is 5.11. The van der Waals surface area contributed by atoms with Crippen molar-refractivity contribution in [2.75, 3.05) is 19.7 Å². The van der Waals surface area contributed by atoms with Gasteiger partial charge >= 0.3 is 0 Å². The molecule has 7 nitrogen and oxygen atoms in total. The average Bonchev–Trinajstić information content (AvgIpc) is 2.61. The zero-order chi connectivity index (χ0) is 15.2. The number of rotatable bonds is 4. The highest BCUT2D eigenvalue weighted by Gasteiger charge is 2.25. The van der Waals surface area contributed by atoms with Crippen LogP contribution in [0.1, 0.15) is 22.5 Å². The van der Waals surface area contributed by atoms with Gasteiger partial charge in [-0.15, -0.1) is 0 Å². The molecule has 0 N–H and O–H groups in total. The third-order valence-corrected chi connectivity index (χ3v) is 3.62. The van der Waals surface area contributed by atoms with Crippen molar-refractivity contribution in [1.29, 1.82) is 0 Å². The number of hydrogen-bond donors (Lipinski definition) is 0. The van der Waals surface area contributed by atoms with Crippen LogP contribution in [0.5, 0.6) is 0 Å². The van der Waals surface area contributed by atoms with E-state index >= 15 is 0 Å². The monoisotopic (exact) mass is 299 g/mol. The van der Waals surface area contributed by atoms with E-state index in [1.165, 1.54) is 12.4 Å². The molecule has 2 aromatic heterocycles. The van der Waals surface area contributed by atoms with E-state index in [0.717, 1.165) is 18.5 Å². The van der Waals surface area contributed by atoms with E-state index in [9.17, 15) is 4.79 Å². The summed E-state index contributed by atoms with van der Waals surface area (Å²) in [4.78, 5) is 22.3. The van der Waals surface area contributed by atoms with Gasteiger partial charge in [-0.3, -0.25) is 4.79 Å². The van der Waals surface area contributed by atoms with Crippen LogP contribution in [-0.4, -0.2) is 56.8 Å². The van der Waals surface area contributed by atoms with E-state index in [-0.39, 0.29) is 12.0 Å². The summed E-state index contributed by atoms with van der Waals surface area (Å²) in [6.45, 7) is 1.75. The third-order valence-electron chi connectivity index (χ3n) is 3.62. The number of amides is 1. The molecule has 0 saturated carbocycles. The van der Waals surface area contributed by atoms with Gasteiger partial charge < -0.3 is 9.64 Å². The van der Waals surface area contributed by atoms with Crippen molar-refractivity contribution in [1.82, 2.24) is 25.1 Å². The molecule has 7 heteroatoms. The first-order chi connectivity index (χ1) is 10.8. The summed E-state index contributed by atoms with van der Waals surface area (Å²) >= 11 is 0. The highest BCUT2D eigenvalue weighted by molar-refractivity contribution is 5.93. The summed E-state index contributed by atoms with van der Waals surface area (Å²) in [6.07, 6.45) is 7.97. The Labute approximate surface area is 128 Å². The number of nitrogens with zero attached hydrogens (tertiary/aromatic N) is 5. The highest BCUT2D eigenvalue weighted by atomic mass is 16.5. The Hall–Kier alpha value is -2.41. The fraction of sp³-hybridized carbons (Fsp3) is 0.400. The molecule has 0 aromatic carbocycles. The maximum Gasteiger partial charge on any atom is 0.255 e. The maximum atomic E-state index is 12.4. The number of carbonyl (C=O) groups excluding carboxylic acids is 1. The summed E-state index contributed by atoms with van der Waals surface area (Å²) in [7, 11) is 0. The standard InChI is InChI=1S/C15H17N5O2/c21-15(12-3-6-18-19-9-12)20-7-8-22-14(10-20)2-1-13-4-5-16-11-17-13/h3-6,9,11,14H,1-2,7-8,10H2. The van der Waals surface area contributed by atoms with Crippen LogP contribution >= 0.6 is 0 Å². The Morgan fingerprint density at radius 2 is 2.27 bits per heavy atom. The maximum absolute atomic E-state index is 12.4. The Morgan fingerprint density at radius 3 is 3.05 bits per heavy atom. The first-order valence-corrected chi connectivity index (χ1v) is 7.25. The molecule has 22 heavy (non-hydrogen) atoms. The largest absolute Gasteiger partial charge is 0.375 e. The summed E-state index contributed by atoms with van der Waals surface area (Å²) < 4.78 is 5.75. The van der Waals surface area contributed by atoms with E-state index < -0.39 is 0 Å². The molecule has 0 aliphatic carbocycles. The number of hydrogen-bond acceptors (Lipinski definition) is 6. The third kappa shape index (κ3) is 3.62. The Bertz CT molecular complexity index is 608. The zero-order valence-corrected chi connectivity index (χ0v) is 12.1. The van der Waals surface area contributed by atoms with Crippen molar-refractivity contribution in [3.8, 4) is 0 Å². The van der Waals surface area contributed by atoms with Gasteiger partial charge in [-0.05, 0) is 25.0 Å². The molecule has 3 rings (SSSR count). The number of morpholine rings is 1. The number of aromatic nitrogens is 4. The van der Waals surface area contributed by atoms with E-state index in [1.807, 2.05) is 11.0 Å². The smallest absolute Gasteiger partial charge is 0.255 e. The SMILES string of the molecule is O=C(c1ccnnc1)N1CCOC(CCc2ccncn2)C1. The fourth-order valence-corrected chi connectivity index (χ4v) is 2.45. The van der Waals surface area contributed by atoms with Gasteiger partial charge in [0.25, 0.3) is 5.91 Å². The summed E-state index contributed by atoms with van der Waals surface area (Å²) in [6, 6.07) is 3.58. The predicted molar refractivity (Wildman–Crippen MR) is 78.0 cm³/mol. The molecule has 1 aliphatic heterocycles. The summed E-state index contributed by atoms with van der Waals surface area (Å²) in [5.74, 6) is -0.0229. The normalized spacial score (nSPS) is 18.2. The minimum Gasteiger partial charge on any atom is -0.375 e. The highest BCUT2D eigenvalue weighted by Crippen LogP contribution is 2.13. The van der Waals surface area contributed by atoms with Gasteiger partial charge in [0, 0.05) is 25.0 Å². The molecule has 1 unspecified atom stereocenters. The second kappa shape index (κ2) is 7.04. The lowest BCUT2D eigenvalue weighted by molar-refractivity contribution is -0.0247. The molecule has 1 aliphatic rings. The Balaban J connectivity index is 1.56. The van der Waals surface area contributed by atoms with Crippen LogP contribution in [0, 0.1) is 0 Å². The molecule has 1 atom stereocenters. The zero-order valence-electron chi connectivity index (χ0n) is 12.1. The molecule has 0 spiro atoms. The van der Waals surface area contributed by atoms with Crippen molar-refractivity contribution in [3.05, 3.63) is 48.3 Å². The molecular formula is C15H17N5O2. The summed E-state index contributed by atoms with van der Waals surface area (Å²) in [5, 5.41) is 7.45. The quantitative estimate of drug-likeness (QED) is 0.828. The van der Waals surface area contributed by atoms with E-state index in [4.69, 9.17) is 4.74 Å². The molecule has 2 aromatic rings. The van der Waals surface area contributed by atoms with Gasteiger partial charge in [0.15, 0.2) is 0 Å². The summed E-state index contributed by atoms with van der Waals surface area (Å²) in [5.41, 5.74) is 1.55. The number of ether oxygens (including phenoxy) is 1. The van der Waals surface area contributed by atoms with Gasteiger partial charge in [0.1, 0.15) is 6.33 Å². The molecular weight excluding hydrogens is 282 g/mol. The molecule has 1 saturated heterocycles. The van der Waals surface area contributed by atoms with E-state index in [0.29, 0.717) is 25.3 Å². The fourth-order valence-electron chi connectivity index (χ4n) is 2.45. The molecule has 1 amide bonds. The molecule has 0 bridgehead atoms. The molecule has 3 heterocycles. The lowest BCUT2D eigenvalue weighted by Crippen LogP contribution is -2.45.